The molecule has 2 heterocycles. The molecule has 0 bridgehead atoms. The molecule has 3 rings (SSSR count). The number of furan rings is 1. The molecule has 0 saturated carbocycles. The third kappa shape index (κ3) is 3.45. The molecule has 0 saturated heterocycles. The highest BCUT2D eigenvalue weighted by atomic mass is 16.5. The molecular formula is C16H15NO4. The van der Waals surface area contributed by atoms with E-state index in [-0.39, 0.29) is 5.91 Å². The maximum Gasteiger partial charge on any atom is 0.248 e. The first-order valence-corrected chi connectivity index (χ1v) is 6.73. The third-order valence-electron chi connectivity index (χ3n) is 2.96. The van der Waals surface area contributed by atoms with Crippen molar-refractivity contribution in [2.45, 2.75) is 6.42 Å². The Labute approximate surface area is 122 Å². The number of benzene rings is 1. The zero-order valence-electron chi connectivity index (χ0n) is 11.4. The Kier molecular flexibility index (Phi) is 3.91. The minimum atomic E-state index is -0.235. The van der Waals surface area contributed by atoms with E-state index in [1.165, 1.54) is 6.08 Å². The van der Waals surface area contributed by atoms with E-state index in [4.69, 9.17) is 13.9 Å². The molecule has 0 aliphatic carbocycles. The largest absolute Gasteiger partial charge is 0.490 e. The highest BCUT2D eigenvalue weighted by Gasteiger charge is 2.11. The molecule has 1 aromatic heterocycles. The Bertz CT molecular complexity index is 646. The molecule has 0 fully saturated rings. The Morgan fingerprint density at radius 1 is 1.14 bits per heavy atom. The molecule has 108 valence electrons. The van der Waals surface area contributed by atoms with Crippen LogP contribution in [-0.2, 0) is 4.79 Å². The average Bonchev–Trinajstić information content (AvgIpc) is 2.90. The van der Waals surface area contributed by atoms with Crippen molar-refractivity contribution in [3.05, 3.63) is 48.4 Å². The molecule has 1 N–H and O–H groups in total. The second-order valence-electron chi connectivity index (χ2n) is 4.55. The first-order valence-electron chi connectivity index (χ1n) is 6.73. The van der Waals surface area contributed by atoms with Gasteiger partial charge in [0.1, 0.15) is 5.76 Å². The maximum absolute atomic E-state index is 11.8. The van der Waals surface area contributed by atoms with Crippen LogP contribution in [0.1, 0.15) is 12.2 Å². The van der Waals surface area contributed by atoms with E-state index in [9.17, 15) is 4.79 Å². The van der Waals surface area contributed by atoms with E-state index >= 15 is 0 Å². The van der Waals surface area contributed by atoms with E-state index in [0.29, 0.717) is 36.2 Å². The number of hydrogen-bond acceptors (Lipinski definition) is 4. The molecule has 1 aliphatic rings. The Balaban J connectivity index is 1.67. The summed E-state index contributed by atoms with van der Waals surface area (Å²) in [6.07, 6.45) is 5.43. The normalized spacial score (nSPS) is 13.9. The van der Waals surface area contributed by atoms with Crippen LogP contribution in [0.4, 0.5) is 5.69 Å². The van der Waals surface area contributed by atoms with Crippen LogP contribution in [0.15, 0.2) is 47.1 Å². The number of carbonyl (C=O) groups excluding carboxylic acids is 1. The number of anilines is 1. The van der Waals surface area contributed by atoms with Gasteiger partial charge in [-0.3, -0.25) is 4.79 Å². The van der Waals surface area contributed by atoms with Gasteiger partial charge in [-0.25, -0.2) is 0 Å². The van der Waals surface area contributed by atoms with Crippen molar-refractivity contribution in [3.8, 4) is 11.5 Å². The summed E-state index contributed by atoms with van der Waals surface area (Å²) in [4.78, 5) is 11.8. The van der Waals surface area contributed by atoms with Gasteiger partial charge in [0.2, 0.25) is 5.91 Å². The molecule has 0 atom stereocenters. The van der Waals surface area contributed by atoms with E-state index in [0.717, 1.165) is 6.42 Å². The lowest BCUT2D eigenvalue weighted by molar-refractivity contribution is -0.111. The number of rotatable bonds is 3. The first-order chi connectivity index (χ1) is 10.3. The summed E-state index contributed by atoms with van der Waals surface area (Å²) in [5, 5.41) is 2.77. The summed E-state index contributed by atoms with van der Waals surface area (Å²) in [5.41, 5.74) is 0.661. The van der Waals surface area contributed by atoms with Crippen LogP contribution in [0.5, 0.6) is 11.5 Å². The number of nitrogens with one attached hydrogen (secondary N) is 1. The van der Waals surface area contributed by atoms with Crippen molar-refractivity contribution in [1.29, 1.82) is 0 Å². The van der Waals surface area contributed by atoms with Crippen molar-refractivity contribution in [3.63, 3.8) is 0 Å². The van der Waals surface area contributed by atoms with Crippen LogP contribution < -0.4 is 14.8 Å². The molecular weight excluding hydrogens is 270 g/mol. The van der Waals surface area contributed by atoms with Crippen molar-refractivity contribution in [2.24, 2.45) is 0 Å². The molecule has 0 unspecified atom stereocenters. The number of amides is 1. The molecule has 0 spiro atoms. The predicted octanol–water partition coefficient (Wildman–Crippen LogP) is 3.09. The first kappa shape index (κ1) is 13.3. The van der Waals surface area contributed by atoms with Gasteiger partial charge in [0, 0.05) is 24.3 Å². The molecule has 5 nitrogen and oxygen atoms in total. The lowest BCUT2D eigenvalue weighted by Crippen LogP contribution is -2.07. The Morgan fingerprint density at radius 2 is 2.00 bits per heavy atom. The maximum atomic E-state index is 11.8. The summed E-state index contributed by atoms with van der Waals surface area (Å²) in [6.45, 7) is 1.26. The number of fused-ring (bicyclic) bond motifs is 1. The van der Waals surface area contributed by atoms with Gasteiger partial charge in [-0.15, -0.1) is 0 Å². The molecule has 5 heteroatoms. The van der Waals surface area contributed by atoms with Gasteiger partial charge in [0.25, 0.3) is 0 Å². The topological polar surface area (TPSA) is 60.7 Å². The van der Waals surface area contributed by atoms with E-state index in [2.05, 4.69) is 5.32 Å². The van der Waals surface area contributed by atoms with Crippen LogP contribution in [0.3, 0.4) is 0 Å². The van der Waals surface area contributed by atoms with Gasteiger partial charge in [0.15, 0.2) is 11.5 Å². The second-order valence-corrected chi connectivity index (χ2v) is 4.55. The van der Waals surface area contributed by atoms with Crippen molar-refractivity contribution < 1.29 is 18.7 Å². The van der Waals surface area contributed by atoms with Crippen LogP contribution in [0, 0.1) is 0 Å². The minimum absolute atomic E-state index is 0.235. The lowest BCUT2D eigenvalue weighted by atomic mass is 10.2. The van der Waals surface area contributed by atoms with Gasteiger partial charge in [-0.05, 0) is 30.3 Å². The van der Waals surface area contributed by atoms with Crippen molar-refractivity contribution in [1.82, 2.24) is 0 Å². The lowest BCUT2D eigenvalue weighted by Gasteiger charge is -2.09. The SMILES string of the molecule is O=C(/C=C/c1ccco1)Nc1ccc2c(c1)OCCCO2. The Morgan fingerprint density at radius 3 is 2.81 bits per heavy atom. The average molecular weight is 285 g/mol. The second kappa shape index (κ2) is 6.17. The third-order valence-corrected chi connectivity index (χ3v) is 2.96. The summed E-state index contributed by atoms with van der Waals surface area (Å²) >= 11 is 0. The highest BCUT2D eigenvalue weighted by Crippen LogP contribution is 2.32. The van der Waals surface area contributed by atoms with Gasteiger partial charge in [-0.2, -0.15) is 0 Å². The fourth-order valence-electron chi connectivity index (χ4n) is 1.97. The molecule has 2 aromatic rings. The van der Waals surface area contributed by atoms with Crippen LogP contribution in [0.2, 0.25) is 0 Å². The summed E-state index contributed by atoms with van der Waals surface area (Å²) < 4.78 is 16.2. The van der Waals surface area contributed by atoms with Gasteiger partial charge in [-0.1, -0.05) is 0 Å². The zero-order chi connectivity index (χ0) is 14.5. The summed E-state index contributed by atoms with van der Waals surface area (Å²) in [7, 11) is 0. The number of hydrogen-bond donors (Lipinski definition) is 1. The monoisotopic (exact) mass is 285 g/mol. The standard InChI is InChI=1S/C16H15NO4/c18-16(7-5-13-3-1-8-19-13)17-12-4-6-14-15(11-12)21-10-2-9-20-14/h1,3-8,11H,2,9-10H2,(H,17,18)/b7-5+. The molecule has 1 aliphatic heterocycles. The smallest absolute Gasteiger partial charge is 0.248 e. The highest BCUT2D eigenvalue weighted by molar-refractivity contribution is 6.01. The van der Waals surface area contributed by atoms with E-state index in [1.807, 2.05) is 0 Å². The van der Waals surface area contributed by atoms with Gasteiger partial charge in [0.05, 0.1) is 19.5 Å². The predicted molar refractivity (Wildman–Crippen MR) is 78.4 cm³/mol. The summed E-state index contributed by atoms with van der Waals surface area (Å²) in [6, 6.07) is 8.89. The number of ether oxygens (including phenoxy) is 2. The van der Waals surface area contributed by atoms with Crippen LogP contribution in [0.25, 0.3) is 6.08 Å². The fourth-order valence-corrected chi connectivity index (χ4v) is 1.97. The molecule has 0 radical (unpaired) electrons. The van der Waals surface area contributed by atoms with Crippen LogP contribution >= 0.6 is 0 Å². The van der Waals surface area contributed by atoms with Crippen molar-refractivity contribution in [2.75, 3.05) is 18.5 Å². The van der Waals surface area contributed by atoms with E-state index < -0.39 is 0 Å². The fraction of sp³-hybridized carbons (Fsp3) is 0.188. The Hall–Kier alpha value is -2.69. The zero-order valence-corrected chi connectivity index (χ0v) is 11.4. The number of carbonyl (C=O) groups is 1. The van der Waals surface area contributed by atoms with Gasteiger partial charge < -0.3 is 19.2 Å². The molecule has 21 heavy (non-hydrogen) atoms. The van der Waals surface area contributed by atoms with Crippen molar-refractivity contribution >= 4 is 17.7 Å². The molecule has 1 amide bonds. The summed E-state index contributed by atoms with van der Waals surface area (Å²) in [5.74, 6) is 1.75. The van der Waals surface area contributed by atoms with Gasteiger partial charge >= 0.3 is 0 Å². The van der Waals surface area contributed by atoms with E-state index in [1.54, 1.807) is 42.7 Å². The molecule has 1 aromatic carbocycles. The quantitative estimate of drug-likeness (QED) is 0.880. The minimum Gasteiger partial charge on any atom is -0.490 e. The van der Waals surface area contributed by atoms with Crippen LogP contribution in [-0.4, -0.2) is 19.1 Å².